The summed E-state index contributed by atoms with van der Waals surface area (Å²) in [6.45, 7) is -0.378. The van der Waals surface area contributed by atoms with E-state index in [0.29, 0.717) is 17.7 Å². The lowest BCUT2D eigenvalue weighted by molar-refractivity contribution is -0.142. The van der Waals surface area contributed by atoms with Gasteiger partial charge in [-0.25, -0.2) is 4.79 Å². The van der Waals surface area contributed by atoms with Crippen LogP contribution in [0, 0.1) is 0 Å². The zero-order valence-electron chi connectivity index (χ0n) is 28.8. The van der Waals surface area contributed by atoms with Crippen molar-refractivity contribution in [3.8, 4) is 5.75 Å². The van der Waals surface area contributed by atoms with E-state index in [-0.39, 0.29) is 32.3 Å². The molecule has 53 heavy (non-hydrogen) atoms. The topological polar surface area (TPSA) is 163 Å². The maximum atomic E-state index is 14.4. The highest BCUT2D eigenvalue weighted by Gasteiger charge is 2.32. The summed E-state index contributed by atoms with van der Waals surface area (Å²) in [4.78, 5) is 69.0. The second-order valence-corrected chi connectivity index (χ2v) is 14.0. The Morgan fingerprint density at radius 2 is 1.38 bits per heavy atom. The van der Waals surface area contributed by atoms with Crippen molar-refractivity contribution in [1.82, 2.24) is 21.3 Å². The molecule has 0 aliphatic carbocycles. The summed E-state index contributed by atoms with van der Waals surface area (Å²) in [7, 11) is 0. The van der Waals surface area contributed by atoms with E-state index >= 15 is 0 Å². The average Bonchev–Trinajstić information content (AvgIpc) is 3.69. The minimum atomic E-state index is -1.31. The fraction of sp³-hybridized carbons (Fsp3) is 0.244. The molecule has 0 fully saturated rings. The number of carboxylic acid groups (broad SMARTS) is 1. The van der Waals surface area contributed by atoms with Gasteiger partial charge >= 0.3 is 5.97 Å². The molecule has 4 atom stereocenters. The number of hydrogen-bond acceptors (Lipinski definition) is 7. The molecule has 2 aliphatic rings. The molecule has 12 heteroatoms. The Bertz CT molecular complexity index is 2050. The van der Waals surface area contributed by atoms with Crippen LogP contribution in [0.15, 0.2) is 115 Å². The van der Waals surface area contributed by atoms with Crippen LogP contribution in [0.4, 0.5) is 0 Å². The molecule has 0 radical (unpaired) electrons. The van der Waals surface area contributed by atoms with Gasteiger partial charge < -0.3 is 31.1 Å². The number of fused-ring (bicyclic) bond motifs is 17. The standard InChI is InChI=1S/C41H40N4O7S/c46-37-25-52-30-17-15-27(16-18-30)23-36(41(50)51)45-39(48)34(22-26-8-2-1-3-9-26)43-40(49)35(24-29-12-6-11-28-10-4-5-14-32(28)29)44-38(47)33(42-37)20-19-31-13-7-21-53-31/h1-18,21,33-36H,19-20,22-25H2,(H,42,46)(H,43,49)(H,44,47)(H,45,48)(H,50,51). The van der Waals surface area contributed by atoms with Gasteiger partial charge in [-0.2, -0.15) is 0 Å². The van der Waals surface area contributed by atoms with E-state index in [1.807, 2.05) is 78.2 Å². The van der Waals surface area contributed by atoms with Crippen LogP contribution in [0.3, 0.4) is 0 Å². The summed E-state index contributed by atoms with van der Waals surface area (Å²) in [6, 6.07) is 28.1. The number of benzene rings is 4. The SMILES string of the molecule is O=C1COc2ccc(cc2)CC(C(=O)O)NC(=O)C(Cc2ccccc2)NC(=O)C(Cc2cccc3ccccc23)NC(=O)C(CCc2cccs2)N1. The minimum absolute atomic E-state index is 0.0421. The molecule has 4 unspecified atom stereocenters. The maximum absolute atomic E-state index is 14.4. The van der Waals surface area contributed by atoms with E-state index in [2.05, 4.69) is 21.3 Å². The fourth-order valence-corrected chi connectivity index (χ4v) is 7.05. The molecule has 2 bridgehead atoms. The summed E-state index contributed by atoms with van der Waals surface area (Å²) in [5.41, 5.74) is 2.13. The number of hydrogen-bond donors (Lipinski definition) is 5. The summed E-state index contributed by atoms with van der Waals surface area (Å²) in [5, 5.41) is 25.0. The number of carbonyl (C=O) groups excluding carboxylic acids is 4. The quantitative estimate of drug-likeness (QED) is 0.151. The van der Waals surface area contributed by atoms with Crippen molar-refractivity contribution in [2.24, 2.45) is 0 Å². The zero-order valence-corrected chi connectivity index (χ0v) is 29.6. The Morgan fingerprint density at radius 1 is 0.698 bits per heavy atom. The molecular weight excluding hydrogens is 693 g/mol. The van der Waals surface area contributed by atoms with Crippen LogP contribution in [0.2, 0.25) is 0 Å². The first-order valence-corrected chi connectivity index (χ1v) is 18.3. The Hall–Kier alpha value is -6.01. The smallest absolute Gasteiger partial charge is 0.326 e. The van der Waals surface area contributed by atoms with Gasteiger partial charge in [-0.3, -0.25) is 19.2 Å². The minimum Gasteiger partial charge on any atom is -0.484 e. The number of carboxylic acids is 1. The van der Waals surface area contributed by atoms with Gasteiger partial charge in [0.15, 0.2) is 6.61 Å². The maximum Gasteiger partial charge on any atom is 0.326 e. The van der Waals surface area contributed by atoms with E-state index in [0.717, 1.165) is 26.8 Å². The largest absolute Gasteiger partial charge is 0.484 e. The van der Waals surface area contributed by atoms with Crippen molar-refractivity contribution in [3.05, 3.63) is 136 Å². The molecule has 3 heterocycles. The van der Waals surface area contributed by atoms with Gasteiger partial charge in [-0.1, -0.05) is 91.0 Å². The van der Waals surface area contributed by atoms with Gasteiger partial charge in [0.2, 0.25) is 17.7 Å². The third kappa shape index (κ3) is 10.1. The molecule has 272 valence electrons. The summed E-state index contributed by atoms with van der Waals surface area (Å²) >= 11 is 1.54. The third-order valence-corrected chi connectivity index (χ3v) is 10.0. The number of rotatable bonds is 8. The highest BCUT2D eigenvalue weighted by Crippen LogP contribution is 2.21. The lowest BCUT2D eigenvalue weighted by Gasteiger charge is -2.26. The van der Waals surface area contributed by atoms with E-state index in [1.54, 1.807) is 36.4 Å². The third-order valence-electron chi connectivity index (χ3n) is 9.11. The molecule has 11 nitrogen and oxygen atoms in total. The number of thiophene rings is 1. The van der Waals surface area contributed by atoms with Gasteiger partial charge in [0.1, 0.15) is 29.9 Å². The van der Waals surface area contributed by atoms with Crippen molar-refractivity contribution in [1.29, 1.82) is 0 Å². The monoisotopic (exact) mass is 732 g/mol. The highest BCUT2D eigenvalue weighted by atomic mass is 32.1. The zero-order chi connectivity index (χ0) is 37.2. The first kappa shape index (κ1) is 36.8. The average molecular weight is 733 g/mol. The predicted molar refractivity (Wildman–Crippen MR) is 201 cm³/mol. The van der Waals surface area contributed by atoms with Crippen molar-refractivity contribution in [2.45, 2.75) is 56.3 Å². The lowest BCUT2D eigenvalue weighted by atomic mass is 9.97. The second kappa shape index (κ2) is 17.5. The number of carbonyl (C=O) groups is 5. The highest BCUT2D eigenvalue weighted by molar-refractivity contribution is 7.09. The molecular formula is C41H40N4O7S. The van der Waals surface area contributed by atoms with Gasteiger partial charge in [0.05, 0.1) is 0 Å². The van der Waals surface area contributed by atoms with Gasteiger partial charge in [-0.05, 0) is 63.9 Å². The molecule has 4 amide bonds. The normalized spacial score (nSPS) is 20.2. The van der Waals surface area contributed by atoms with Gasteiger partial charge in [-0.15, -0.1) is 11.3 Å². The second-order valence-electron chi connectivity index (χ2n) is 12.9. The Balaban J connectivity index is 1.36. The van der Waals surface area contributed by atoms with Crippen molar-refractivity contribution >= 4 is 51.7 Å². The molecule has 0 saturated carbocycles. The van der Waals surface area contributed by atoms with E-state index < -0.39 is 53.8 Å². The Morgan fingerprint density at radius 3 is 2.11 bits per heavy atom. The van der Waals surface area contributed by atoms with Crippen LogP contribution in [0.1, 0.15) is 28.0 Å². The number of aliphatic carboxylic acids is 1. The van der Waals surface area contributed by atoms with Crippen LogP contribution in [-0.4, -0.2) is 65.5 Å². The van der Waals surface area contributed by atoms with Crippen LogP contribution in [-0.2, 0) is 49.7 Å². The summed E-state index contributed by atoms with van der Waals surface area (Å²) in [6.07, 6.45) is 0.845. The van der Waals surface area contributed by atoms with Crippen LogP contribution >= 0.6 is 11.3 Å². The molecule has 5 N–H and O–H groups in total. The fourth-order valence-electron chi connectivity index (χ4n) is 6.33. The molecule has 1 aromatic heterocycles. The number of ether oxygens (including phenoxy) is 1. The van der Waals surface area contributed by atoms with Crippen molar-refractivity contribution in [3.63, 3.8) is 0 Å². The first-order valence-electron chi connectivity index (χ1n) is 17.4. The van der Waals surface area contributed by atoms with E-state index in [4.69, 9.17) is 4.74 Å². The van der Waals surface area contributed by atoms with Crippen molar-refractivity contribution < 1.29 is 33.8 Å². The van der Waals surface area contributed by atoms with Gasteiger partial charge in [0, 0.05) is 24.1 Å². The summed E-state index contributed by atoms with van der Waals surface area (Å²) in [5.74, 6) is -3.33. The molecule has 2 aliphatic heterocycles. The molecule has 0 spiro atoms. The molecule has 5 aromatic rings. The van der Waals surface area contributed by atoms with Crippen molar-refractivity contribution in [2.75, 3.05) is 6.61 Å². The number of aryl methyl sites for hydroxylation is 1. The Kier molecular flexibility index (Phi) is 12.1. The van der Waals surface area contributed by atoms with E-state index in [1.165, 1.54) is 11.3 Å². The molecule has 4 aromatic carbocycles. The first-order chi connectivity index (χ1) is 25.7. The predicted octanol–water partition coefficient (Wildman–Crippen LogP) is 3.98. The molecule has 0 saturated heterocycles. The Labute approximate surface area is 310 Å². The van der Waals surface area contributed by atoms with Crippen LogP contribution < -0.4 is 26.0 Å². The molecule has 7 rings (SSSR count). The van der Waals surface area contributed by atoms with Gasteiger partial charge in [0.25, 0.3) is 5.91 Å². The number of nitrogens with one attached hydrogen (secondary N) is 4. The van der Waals surface area contributed by atoms with Crippen LogP contribution in [0.25, 0.3) is 10.8 Å². The lowest BCUT2D eigenvalue weighted by Crippen LogP contribution is -2.59. The number of amides is 4. The summed E-state index contributed by atoms with van der Waals surface area (Å²) < 4.78 is 5.70. The van der Waals surface area contributed by atoms with Crippen LogP contribution in [0.5, 0.6) is 5.75 Å². The van der Waals surface area contributed by atoms with E-state index in [9.17, 15) is 29.1 Å².